The van der Waals surface area contributed by atoms with Gasteiger partial charge in [-0.3, -0.25) is 9.20 Å². The van der Waals surface area contributed by atoms with Crippen molar-refractivity contribution in [1.82, 2.24) is 29.5 Å². The normalized spacial score (nSPS) is 11.0. The summed E-state index contributed by atoms with van der Waals surface area (Å²) in [7, 11) is 0. The Kier molecular flexibility index (Phi) is 4.47. The molecule has 1 amide bonds. The number of aryl methyl sites for hydroxylation is 2. The van der Waals surface area contributed by atoms with E-state index < -0.39 is 0 Å². The average Bonchev–Trinajstić information content (AvgIpc) is 3.41. The van der Waals surface area contributed by atoms with Gasteiger partial charge < -0.3 is 9.84 Å². The lowest BCUT2D eigenvalue weighted by molar-refractivity contribution is 0.102. The summed E-state index contributed by atoms with van der Waals surface area (Å²) in [4.78, 5) is 29.8. The zero-order valence-corrected chi connectivity index (χ0v) is 16.8. The van der Waals surface area contributed by atoms with Crippen LogP contribution in [0.3, 0.4) is 0 Å². The third-order valence-corrected chi connectivity index (χ3v) is 4.90. The minimum atomic E-state index is -0.279. The quantitative estimate of drug-likeness (QED) is 0.480. The van der Waals surface area contributed by atoms with Crippen LogP contribution in [0.2, 0.25) is 0 Å². The summed E-state index contributed by atoms with van der Waals surface area (Å²) in [5, 5.41) is 6.91. The monoisotopic (exact) mass is 411 g/mol. The summed E-state index contributed by atoms with van der Waals surface area (Å²) in [6, 6.07) is 9.39. The number of nitrogens with one attached hydrogen (secondary N) is 1. The van der Waals surface area contributed by atoms with Crippen LogP contribution < -0.4 is 5.32 Å². The Morgan fingerprint density at radius 2 is 1.81 bits per heavy atom. The Morgan fingerprint density at radius 3 is 2.58 bits per heavy atom. The van der Waals surface area contributed by atoms with Gasteiger partial charge in [-0.2, -0.15) is 4.98 Å². The Balaban J connectivity index is 1.48. The van der Waals surface area contributed by atoms with Gasteiger partial charge in [0.1, 0.15) is 17.7 Å². The van der Waals surface area contributed by atoms with E-state index in [0.717, 1.165) is 22.3 Å². The van der Waals surface area contributed by atoms with Crippen molar-refractivity contribution in [2.75, 3.05) is 5.32 Å². The van der Waals surface area contributed by atoms with Crippen LogP contribution in [0, 0.1) is 13.8 Å². The van der Waals surface area contributed by atoms with Crippen LogP contribution in [0.25, 0.3) is 28.2 Å². The molecule has 0 unspecified atom stereocenters. The molecular formula is C22H17N7O2. The summed E-state index contributed by atoms with van der Waals surface area (Å²) in [5.74, 6) is 0.669. The van der Waals surface area contributed by atoms with Gasteiger partial charge in [0.2, 0.25) is 11.7 Å². The lowest BCUT2D eigenvalue weighted by Crippen LogP contribution is -2.15. The molecule has 0 saturated heterocycles. The summed E-state index contributed by atoms with van der Waals surface area (Å²) in [5.41, 5.74) is 5.13. The number of carbonyl (C=O) groups excluding carboxylic acids is 1. The van der Waals surface area contributed by atoms with E-state index in [1.165, 1.54) is 6.33 Å². The number of fused-ring (bicyclic) bond motifs is 1. The number of carbonyl (C=O) groups is 1. The molecule has 4 heterocycles. The number of amides is 1. The molecule has 0 aliphatic carbocycles. The first-order valence-corrected chi connectivity index (χ1v) is 9.54. The highest BCUT2D eigenvalue weighted by Crippen LogP contribution is 2.25. The lowest BCUT2D eigenvalue weighted by atomic mass is 10.1. The summed E-state index contributed by atoms with van der Waals surface area (Å²) >= 11 is 0. The van der Waals surface area contributed by atoms with E-state index in [2.05, 4.69) is 30.4 Å². The SMILES string of the molecule is Cc1nc(-c2ccc(C)c(NC(=O)c3cnc4ccc(-c5cncnc5)cn34)c2)no1. The predicted molar refractivity (Wildman–Crippen MR) is 113 cm³/mol. The van der Waals surface area contributed by atoms with Gasteiger partial charge in [-0.15, -0.1) is 0 Å². The standard InChI is InChI=1S/C22H17N7O2/c1-13-3-4-15(21-26-14(2)31-28-21)7-18(13)27-22(30)19-10-25-20-6-5-16(11-29(19)20)17-8-23-12-24-9-17/h3-12H,1-2H3,(H,27,30). The maximum atomic E-state index is 13.1. The lowest BCUT2D eigenvalue weighted by Gasteiger charge is -2.10. The van der Waals surface area contributed by atoms with E-state index in [0.29, 0.717) is 28.7 Å². The molecule has 9 heteroatoms. The van der Waals surface area contributed by atoms with Crippen LogP contribution >= 0.6 is 0 Å². The molecule has 0 fully saturated rings. The Hall–Kier alpha value is -4.40. The van der Waals surface area contributed by atoms with Gasteiger partial charge in [0.05, 0.1) is 6.20 Å². The molecule has 31 heavy (non-hydrogen) atoms. The highest BCUT2D eigenvalue weighted by atomic mass is 16.5. The number of nitrogens with zero attached hydrogens (tertiary/aromatic N) is 6. The van der Waals surface area contributed by atoms with Crippen molar-refractivity contribution < 1.29 is 9.32 Å². The van der Waals surface area contributed by atoms with Crippen molar-refractivity contribution in [3.8, 4) is 22.5 Å². The van der Waals surface area contributed by atoms with Crippen molar-refractivity contribution >= 4 is 17.2 Å². The minimum Gasteiger partial charge on any atom is -0.339 e. The fourth-order valence-corrected chi connectivity index (χ4v) is 3.27. The van der Waals surface area contributed by atoms with E-state index in [9.17, 15) is 4.79 Å². The summed E-state index contributed by atoms with van der Waals surface area (Å²) < 4.78 is 6.81. The van der Waals surface area contributed by atoms with Crippen molar-refractivity contribution in [1.29, 1.82) is 0 Å². The minimum absolute atomic E-state index is 0.279. The molecule has 4 aromatic heterocycles. The van der Waals surface area contributed by atoms with E-state index in [-0.39, 0.29) is 5.91 Å². The predicted octanol–water partition coefficient (Wildman–Crippen LogP) is 3.71. The topological polar surface area (TPSA) is 111 Å². The van der Waals surface area contributed by atoms with Crippen LogP contribution in [-0.2, 0) is 0 Å². The average molecular weight is 411 g/mol. The molecule has 1 N–H and O–H groups in total. The molecule has 0 spiro atoms. The first kappa shape index (κ1) is 18.6. The van der Waals surface area contributed by atoms with Crippen LogP contribution in [0.4, 0.5) is 5.69 Å². The molecule has 0 aliphatic rings. The van der Waals surface area contributed by atoms with E-state index in [4.69, 9.17) is 4.52 Å². The van der Waals surface area contributed by atoms with Crippen molar-refractivity contribution in [3.63, 3.8) is 0 Å². The van der Waals surface area contributed by atoms with Gasteiger partial charge in [0.15, 0.2) is 0 Å². The number of aromatic nitrogens is 6. The van der Waals surface area contributed by atoms with Crippen LogP contribution in [0.15, 0.2) is 66.0 Å². The molecule has 0 bridgehead atoms. The zero-order chi connectivity index (χ0) is 21.4. The fraction of sp³-hybridized carbons (Fsp3) is 0.0909. The van der Waals surface area contributed by atoms with Crippen LogP contribution in [0.5, 0.6) is 0 Å². The third kappa shape index (κ3) is 3.52. The van der Waals surface area contributed by atoms with Crippen molar-refractivity contribution in [3.05, 3.63) is 78.6 Å². The number of benzene rings is 1. The third-order valence-electron chi connectivity index (χ3n) is 4.90. The van der Waals surface area contributed by atoms with Crippen molar-refractivity contribution in [2.24, 2.45) is 0 Å². The fourth-order valence-electron chi connectivity index (χ4n) is 3.27. The van der Waals surface area contributed by atoms with Crippen molar-refractivity contribution in [2.45, 2.75) is 13.8 Å². The van der Waals surface area contributed by atoms with Gasteiger partial charge in [-0.1, -0.05) is 17.3 Å². The smallest absolute Gasteiger partial charge is 0.274 e. The number of imidazole rings is 1. The number of hydrogen-bond donors (Lipinski definition) is 1. The molecule has 0 radical (unpaired) electrons. The second-order valence-corrected chi connectivity index (χ2v) is 7.04. The molecule has 152 valence electrons. The maximum Gasteiger partial charge on any atom is 0.274 e. The van der Waals surface area contributed by atoms with E-state index in [1.54, 1.807) is 29.9 Å². The molecule has 5 rings (SSSR count). The van der Waals surface area contributed by atoms with Gasteiger partial charge in [-0.25, -0.2) is 15.0 Å². The van der Waals surface area contributed by atoms with E-state index in [1.807, 2.05) is 43.5 Å². The molecule has 0 saturated carbocycles. The van der Waals surface area contributed by atoms with Gasteiger partial charge >= 0.3 is 0 Å². The molecular weight excluding hydrogens is 394 g/mol. The second-order valence-electron chi connectivity index (χ2n) is 7.04. The number of anilines is 1. The Morgan fingerprint density at radius 1 is 1.00 bits per heavy atom. The molecule has 9 nitrogen and oxygen atoms in total. The largest absolute Gasteiger partial charge is 0.339 e. The summed E-state index contributed by atoms with van der Waals surface area (Å²) in [6.07, 6.45) is 8.32. The number of hydrogen-bond acceptors (Lipinski definition) is 7. The highest BCUT2D eigenvalue weighted by Gasteiger charge is 2.15. The number of rotatable bonds is 4. The van der Waals surface area contributed by atoms with Gasteiger partial charge in [0.25, 0.3) is 5.91 Å². The Labute approximate surface area is 176 Å². The maximum absolute atomic E-state index is 13.1. The number of pyridine rings is 1. The molecule has 5 aromatic rings. The van der Waals surface area contributed by atoms with Gasteiger partial charge in [-0.05, 0) is 30.7 Å². The molecule has 0 aliphatic heterocycles. The first-order valence-electron chi connectivity index (χ1n) is 9.54. The van der Waals surface area contributed by atoms with E-state index >= 15 is 0 Å². The first-order chi connectivity index (χ1) is 15.1. The zero-order valence-electron chi connectivity index (χ0n) is 16.8. The van der Waals surface area contributed by atoms with Crippen LogP contribution in [0.1, 0.15) is 21.9 Å². The Bertz CT molecular complexity index is 1410. The van der Waals surface area contributed by atoms with Crippen LogP contribution in [-0.4, -0.2) is 35.4 Å². The highest BCUT2D eigenvalue weighted by molar-refractivity contribution is 6.04. The molecule has 0 atom stereocenters. The second kappa shape index (κ2) is 7.45. The molecule has 1 aromatic carbocycles. The summed E-state index contributed by atoms with van der Waals surface area (Å²) in [6.45, 7) is 3.65. The van der Waals surface area contributed by atoms with Gasteiger partial charge in [0, 0.05) is 47.9 Å².